The molecule has 4 nitrogen and oxygen atoms in total. The first-order valence-electron chi connectivity index (χ1n) is 6.09. The molecule has 15 heavy (non-hydrogen) atoms. The van der Waals surface area contributed by atoms with Crippen molar-refractivity contribution < 1.29 is 9.47 Å². The van der Waals surface area contributed by atoms with Crippen LogP contribution in [0.2, 0.25) is 0 Å². The minimum absolute atomic E-state index is 0.00264. The molecule has 88 valence electrons. The van der Waals surface area contributed by atoms with E-state index in [-0.39, 0.29) is 12.4 Å². The Labute approximate surface area is 91.5 Å². The predicted molar refractivity (Wildman–Crippen MR) is 58.5 cm³/mol. The van der Waals surface area contributed by atoms with Crippen molar-refractivity contribution in [3.63, 3.8) is 0 Å². The zero-order valence-electron chi connectivity index (χ0n) is 9.28. The average molecular weight is 214 g/mol. The Morgan fingerprint density at radius 2 is 2.27 bits per heavy atom. The normalized spacial score (nSPS) is 37.0. The number of ether oxygens (including phenoxy) is 2. The van der Waals surface area contributed by atoms with E-state index in [0.717, 1.165) is 19.4 Å². The molecule has 3 N–H and O–H groups in total. The van der Waals surface area contributed by atoms with Gasteiger partial charge in [0.15, 0.2) is 6.29 Å². The molecule has 0 spiro atoms. The van der Waals surface area contributed by atoms with E-state index in [1.54, 1.807) is 0 Å². The van der Waals surface area contributed by atoms with E-state index in [9.17, 15) is 0 Å². The summed E-state index contributed by atoms with van der Waals surface area (Å²) in [5.74, 6) is 0. The van der Waals surface area contributed by atoms with Crippen molar-refractivity contribution in [1.29, 1.82) is 0 Å². The number of hydrogen-bond acceptors (Lipinski definition) is 4. The van der Waals surface area contributed by atoms with Gasteiger partial charge in [-0.2, -0.15) is 0 Å². The highest BCUT2D eigenvalue weighted by Gasteiger charge is 2.28. The SMILES string of the molecule is NCCC1COC(CC2CCCCN2)O1. The van der Waals surface area contributed by atoms with Gasteiger partial charge in [-0.15, -0.1) is 0 Å². The lowest BCUT2D eigenvalue weighted by Gasteiger charge is -2.25. The van der Waals surface area contributed by atoms with Gasteiger partial charge in [0.1, 0.15) is 0 Å². The highest BCUT2D eigenvalue weighted by molar-refractivity contribution is 4.76. The van der Waals surface area contributed by atoms with Crippen molar-refractivity contribution >= 4 is 0 Å². The molecule has 2 fully saturated rings. The Kier molecular flexibility index (Phi) is 4.38. The second-order valence-electron chi connectivity index (χ2n) is 4.48. The fourth-order valence-corrected chi connectivity index (χ4v) is 2.33. The van der Waals surface area contributed by atoms with Crippen LogP contribution in [-0.4, -0.2) is 38.1 Å². The van der Waals surface area contributed by atoms with E-state index < -0.39 is 0 Å². The van der Waals surface area contributed by atoms with Gasteiger partial charge in [0.25, 0.3) is 0 Å². The van der Waals surface area contributed by atoms with Gasteiger partial charge in [-0.05, 0) is 32.4 Å². The molecule has 2 rings (SSSR count). The van der Waals surface area contributed by atoms with Crippen molar-refractivity contribution in [2.24, 2.45) is 5.73 Å². The summed E-state index contributed by atoms with van der Waals surface area (Å²) in [5.41, 5.74) is 5.49. The Bertz CT molecular complexity index is 183. The monoisotopic (exact) mass is 214 g/mol. The van der Waals surface area contributed by atoms with E-state index in [1.165, 1.54) is 19.3 Å². The summed E-state index contributed by atoms with van der Waals surface area (Å²) in [6.45, 7) is 2.54. The number of hydrogen-bond donors (Lipinski definition) is 2. The molecule has 2 heterocycles. The second kappa shape index (κ2) is 5.80. The predicted octanol–water partition coefficient (Wildman–Crippen LogP) is 0.609. The molecule has 3 unspecified atom stereocenters. The summed E-state index contributed by atoms with van der Waals surface area (Å²) in [6, 6.07) is 0.584. The first-order chi connectivity index (χ1) is 7.38. The average Bonchev–Trinajstić information content (AvgIpc) is 2.68. The first-order valence-corrected chi connectivity index (χ1v) is 6.09. The Morgan fingerprint density at radius 1 is 1.33 bits per heavy atom. The van der Waals surface area contributed by atoms with Crippen molar-refractivity contribution in [2.75, 3.05) is 19.7 Å². The summed E-state index contributed by atoms with van der Waals surface area (Å²) in [7, 11) is 0. The van der Waals surface area contributed by atoms with Crippen LogP contribution in [0.5, 0.6) is 0 Å². The lowest BCUT2D eigenvalue weighted by molar-refractivity contribution is -0.0692. The van der Waals surface area contributed by atoms with Crippen molar-refractivity contribution in [3.05, 3.63) is 0 Å². The molecule has 3 atom stereocenters. The highest BCUT2D eigenvalue weighted by atomic mass is 16.7. The van der Waals surface area contributed by atoms with Crippen LogP contribution in [-0.2, 0) is 9.47 Å². The molecule has 0 aromatic carbocycles. The Balaban J connectivity index is 1.67. The number of rotatable bonds is 4. The van der Waals surface area contributed by atoms with Crippen LogP contribution in [0.15, 0.2) is 0 Å². The fraction of sp³-hybridized carbons (Fsp3) is 1.00. The van der Waals surface area contributed by atoms with E-state index in [0.29, 0.717) is 19.2 Å². The van der Waals surface area contributed by atoms with Crippen molar-refractivity contribution in [2.45, 2.75) is 50.5 Å². The van der Waals surface area contributed by atoms with Gasteiger partial charge < -0.3 is 20.5 Å². The third-order valence-electron chi connectivity index (χ3n) is 3.19. The summed E-state index contributed by atoms with van der Waals surface area (Å²) in [4.78, 5) is 0. The van der Waals surface area contributed by atoms with Gasteiger partial charge in [-0.3, -0.25) is 0 Å². The summed E-state index contributed by atoms with van der Waals surface area (Å²) >= 11 is 0. The molecule has 2 aliphatic heterocycles. The molecular weight excluding hydrogens is 192 g/mol. The topological polar surface area (TPSA) is 56.5 Å². The Morgan fingerprint density at radius 3 is 3.00 bits per heavy atom. The molecule has 0 radical (unpaired) electrons. The van der Waals surface area contributed by atoms with Crippen LogP contribution in [0.4, 0.5) is 0 Å². The molecule has 0 bridgehead atoms. The van der Waals surface area contributed by atoms with Crippen LogP contribution in [0, 0.1) is 0 Å². The molecule has 2 aliphatic rings. The molecule has 4 heteroatoms. The van der Waals surface area contributed by atoms with Crippen molar-refractivity contribution in [1.82, 2.24) is 5.32 Å². The van der Waals surface area contributed by atoms with Gasteiger partial charge in [0.05, 0.1) is 12.7 Å². The highest BCUT2D eigenvalue weighted by Crippen LogP contribution is 2.20. The lowest BCUT2D eigenvalue weighted by atomic mass is 10.0. The number of nitrogens with two attached hydrogens (primary N) is 1. The Hall–Kier alpha value is -0.160. The molecule has 0 amide bonds. The third-order valence-corrected chi connectivity index (χ3v) is 3.19. The minimum atomic E-state index is -0.00264. The van der Waals surface area contributed by atoms with Gasteiger partial charge in [0.2, 0.25) is 0 Å². The molecule has 0 aliphatic carbocycles. The number of nitrogens with one attached hydrogen (secondary N) is 1. The maximum Gasteiger partial charge on any atom is 0.159 e. The van der Waals surface area contributed by atoms with Gasteiger partial charge in [-0.25, -0.2) is 0 Å². The van der Waals surface area contributed by atoms with Crippen LogP contribution < -0.4 is 11.1 Å². The second-order valence-corrected chi connectivity index (χ2v) is 4.48. The van der Waals surface area contributed by atoms with Gasteiger partial charge in [-0.1, -0.05) is 6.42 Å². The summed E-state index contributed by atoms with van der Waals surface area (Å²) in [5, 5.41) is 3.51. The van der Waals surface area contributed by atoms with Gasteiger partial charge in [0, 0.05) is 12.5 Å². The molecule has 0 aromatic heterocycles. The molecular formula is C11H22N2O2. The van der Waals surface area contributed by atoms with E-state index in [4.69, 9.17) is 15.2 Å². The summed E-state index contributed by atoms with van der Waals surface area (Å²) in [6.07, 6.45) is 6.01. The van der Waals surface area contributed by atoms with Crippen LogP contribution in [0.3, 0.4) is 0 Å². The minimum Gasteiger partial charge on any atom is -0.350 e. The zero-order chi connectivity index (χ0) is 10.5. The van der Waals surface area contributed by atoms with Crippen LogP contribution >= 0.6 is 0 Å². The largest absolute Gasteiger partial charge is 0.350 e. The molecule has 2 saturated heterocycles. The summed E-state index contributed by atoms with van der Waals surface area (Å²) < 4.78 is 11.4. The van der Waals surface area contributed by atoms with E-state index in [1.807, 2.05) is 0 Å². The van der Waals surface area contributed by atoms with Gasteiger partial charge >= 0.3 is 0 Å². The first kappa shape index (κ1) is 11.3. The van der Waals surface area contributed by atoms with Crippen LogP contribution in [0.1, 0.15) is 32.1 Å². The van der Waals surface area contributed by atoms with Crippen molar-refractivity contribution in [3.8, 4) is 0 Å². The molecule has 0 aromatic rings. The molecule has 0 saturated carbocycles. The standard InChI is InChI=1S/C11H22N2O2/c12-5-4-10-8-14-11(15-10)7-9-3-1-2-6-13-9/h9-11,13H,1-8,12H2. The lowest BCUT2D eigenvalue weighted by Crippen LogP contribution is -2.37. The zero-order valence-corrected chi connectivity index (χ0v) is 9.28. The maximum atomic E-state index is 5.76. The van der Waals surface area contributed by atoms with Crippen LogP contribution in [0.25, 0.3) is 0 Å². The maximum absolute atomic E-state index is 5.76. The number of piperidine rings is 1. The quantitative estimate of drug-likeness (QED) is 0.720. The van der Waals surface area contributed by atoms with E-state index in [2.05, 4.69) is 5.32 Å². The fourth-order valence-electron chi connectivity index (χ4n) is 2.33. The smallest absolute Gasteiger partial charge is 0.159 e. The third kappa shape index (κ3) is 3.41. The van der Waals surface area contributed by atoms with E-state index >= 15 is 0 Å².